The van der Waals surface area contributed by atoms with E-state index >= 15 is 0 Å². The molecule has 0 aliphatic heterocycles. The second kappa shape index (κ2) is 9.92. The fourth-order valence-electron chi connectivity index (χ4n) is 4.17. The number of halogens is 1. The van der Waals surface area contributed by atoms with Gasteiger partial charge in [0.05, 0.1) is 6.54 Å². The van der Waals surface area contributed by atoms with Crippen LogP contribution in [0.2, 0.25) is 0 Å². The van der Waals surface area contributed by atoms with Crippen LogP contribution >= 0.6 is 0 Å². The molecule has 31 heavy (non-hydrogen) atoms. The summed E-state index contributed by atoms with van der Waals surface area (Å²) in [6.07, 6.45) is 3.74. The number of methoxy groups -OCH3 is 1. The quantitative estimate of drug-likeness (QED) is 0.440. The summed E-state index contributed by atoms with van der Waals surface area (Å²) < 4.78 is 20.6. The van der Waals surface area contributed by atoms with Gasteiger partial charge in [0.15, 0.2) is 0 Å². The standard InChI is InChI=1S/C26H29FN2O2/c1-31-16-6-15-29(26(30)25-17-24(25)21-7-3-2-4-8-21)19-23-9-5-14-28(23)18-20-10-12-22(27)13-11-20/h2-5,7-14,24-25H,6,15-19H2,1H3/t24-,25+/m1/s1. The van der Waals surface area contributed by atoms with Crippen molar-refractivity contribution in [3.8, 4) is 0 Å². The molecule has 1 fully saturated rings. The summed E-state index contributed by atoms with van der Waals surface area (Å²) in [5, 5.41) is 0. The molecule has 3 aromatic rings. The van der Waals surface area contributed by atoms with Gasteiger partial charge in [-0.05, 0) is 54.2 Å². The molecule has 4 nitrogen and oxygen atoms in total. The molecule has 162 valence electrons. The highest BCUT2D eigenvalue weighted by Crippen LogP contribution is 2.48. The van der Waals surface area contributed by atoms with Gasteiger partial charge in [-0.15, -0.1) is 0 Å². The van der Waals surface area contributed by atoms with Crippen LogP contribution in [0, 0.1) is 11.7 Å². The molecule has 1 aliphatic rings. The second-order valence-electron chi connectivity index (χ2n) is 8.22. The Labute approximate surface area is 183 Å². The third-order valence-electron chi connectivity index (χ3n) is 5.97. The Morgan fingerprint density at radius 2 is 1.87 bits per heavy atom. The monoisotopic (exact) mass is 420 g/mol. The van der Waals surface area contributed by atoms with Crippen molar-refractivity contribution in [1.29, 1.82) is 0 Å². The van der Waals surface area contributed by atoms with Gasteiger partial charge in [-0.2, -0.15) is 0 Å². The lowest BCUT2D eigenvalue weighted by atomic mass is 10.1. The van der Waals surface area contributed by atoms with Gasteiger partial charge >= 0.3 is 0 Å². The summed E-state index contributed by atoms with van der Waals surface area (Å²) in [4.78, 5) is 15.3. The zero-order valence-electron chi connectivity index (χ0n) is 17.9. The smallest absolute Gasteiger partial charge is 0.226 e. The lowest BCUT2D eigenvalue weighted by molar-refractivity contribution is -0.133. The number of carbonyl (C=O) groups excluding carboxylic acids is 1. The number of rotatable bonds is 10. The first-order chi connectivity index (χ1) is 15.2. The van der Waals surface area contributed by atoms with Crippen LogP contribution in [0.25, 0.3) is 0 Å². The van der Waals surface area contributed by atoms with Crippen molar-refractivity contribution in [2.75, 3.05) is 20.3 Å². The predicted octanol–water partition coefficient (Wildman–Crippen LogP) is 4.84. The molecule has 2 aromatic carbocycles. The van der Waals surface area contributed by atoms with E-state index in [-0.39, 0.29) is 17.6 Å². The average Bonchev–Trinajstić information content (AvgIpc) is 3.48. The number of nitrogens with zero attached hydrogens (tertiary/aromatic N) is 2. The van der Waals surface area contributed by atoms with Crippen molar-refractivity contribution in [3.05, 3.63) is 95.6 Å². The van der Waals surface area contributed by atoms with E-state index in [9.17, 15) is 9.18 Å². The fourth-order valence-corrected chi connectivity index (χ4v) is 4.17. The highest BCUT2D eigenvalue weighted by Gasteiger charge is 2.45. The zero-order chi connectivity index (χ0) is 21.6. The van der Waals surface area contributed by atoms with Gasteiger partial charge in [0.25, 0.3) is 0 Å². The van der Waals surface area contributed by atoms with Gasteiger partial charge in [-0.1, -0.05) is 42.5 Å². The summed E-state index contributed by atoms with van der Waals surface area (Å²) in [5.74, 6) is 0.373. The van der Waals surface area contributed by atoms with Crippen molar-refractivity contribution in [1.82, 2.24) is 9.47 Å². The number of aromatic nitrogens is 1. The summed E-state index contributed by atoms with van der Waals surface area (Å²) in [6.45, 7) is 2.52. The van der Waals surface area contributed by atoms with Crippen molar-refractivity contribution >= 4 is 5.91 Å². The summed E-state index contributed by atoms with van der Waals surface area (Å²) in [6, 6.07) is 20.9. The highest BCUT2D eigenvalue weighted by atomic mass is 19.1. The third kappa shape index (κ3) is 5.42. The molecule has 0 N–H and O–H groups in total. The molecule has 1 amide bonds. The minimum Gasteiger partial charge on any atom is -0.385 e. The minimum atomic E-state index is -0.233. The van der Waals surface area contributed by atoms with Crippen LogP contribution in [-0.2, 0) is 22.6 Å². The molecule has 1 aliphatic carbocycles. The third-order valence-corrected chi connectivity index (χ3v) is 5.97. The topological polar surface area (TPSA) is 34.5 Å². The summed E-state index contributed by atoms with van der Waals surface area (Å²) >= 11 is 0. The molecule has 0 radical (unpaired) electrons. The van der Waals surface area contributed by atoms with Crippen LogP contribution in [0.4, 0.5) is 4.39 Å². The first kappa shape index (κ1) is 21.3. The molecule has 0 spiro atoms. The molecular weight excluding hydrogens is 391 g/mol. The van der Waals surface area contributed by atoms with Crippen molar-refractivity contribution in [2.24, 2.45) is 5.92 Å². The number of carbonyl (C=O) groups is 1. The number of hydrogen-bond donors (Lipinski definition) is 0. The first-order valence-corrected chi connectivity index (χ1v) is 10.9. The molecule has 1 saturated carbocycles. The van der Waals surface area contributed by atoms with Gasteiger partial charge in [-0.3, -0.25) is 4.79 Å². The van der Waals surface area contributed by atoms with Crippen LogP contribution in [0.5, 0.6) is 0 Å². The van der Waals surface area contributed by atoms with Crippen molar-refractivity contribution < 1.29 is 13.9 Å². The Morgan fingerprint density at radius 3 is 2.61 bits per heavy atom. The number of hydrogen-bond acceptors (Lipinski definition) is 2. The van der Waals surface area contributed by atoms with E-state index in [4.69, 9.17) is 4.74 Å². The second-order valence-corrected chi connectivity index (χ2v) is 8.22. The molecule has 5 heteroatoms. The number of benzene rings is 2. The van der Waals surface area contributed by atoms with Crippen LogP contribution in [0.1, 0.15) is 35.6 Å². The van der Waals surface area contributed by atoms with Crippen LogP contribution < -0.4 is 0 Å². The largest absolute Gasteiger partial charge is 0.385 e. The van der Waals surface area contributed by atoms with Crippen LogP contribution in [0.15, 0.2) is 72.9 Å². The van der Waals surface area contributed by atoms with Crippen molar-refractivity contribution in [3.63, 3.8) is 0 Å². The predicted molar refractivity (Wildman–Crippen MR) is 119 cm³/mol. The minimum absolute atomic E-state index is 0.0606. The Bertz CT molecular complexity index is 984. The Kier molecular flexibility index (Phi) is 6.82. The maximum absolute atomic E-state index is 13.4. The van der Waals surface area contributed by atoms with Crippen LogP contribution in [0.3, 0.4) is 0 Å². The van der Waals surface area contributed by atoms with Gasteiger partial charge in [0.1, 0.15) is 5.82 Å². The normalized spacial score (nSPS) is 17.5. The van der Waals surface area contributed by atoms with Gasteiger partial charge in [0, 0.05) is 44.6 Å². The van der Waals surface area contributed by atoms with Crippen LogP contribution in [-0.4, -0.2) is 35.6 Å². The maximum Gasteiger partial charge on any atom is 0.226 e. The SMILES string of the molecule is COCCCN(Cc1cccn1Cc1ccc(F)cc1)C(=O)[C@H]1C[C@@H]1c1ccccc1. The average molecular weight is 421 g/mol. The zero-order valence-corrected chi connectivity index (χ0v) is 17.9. The molecule has 0 unspecified atom stereocenters. The van der Waals surface area contributed by atoms with E-state index in [0.29, 0.717) is 32.2 Å². The lowest BCUT2D eigenvalue weighted by Crippen LogP contribution is -2.34. The number of amides is 1. The molecule has 1 heterocycles. The van der Waals surface area contributed by atoms with Gasteiger partial charge < -0.3 is 14.2 Å². The lowest BCUT2D eigenvalue weighted by Gasteiger charge is -2.24. The Morgan fingerprint density at radius 1 is 1.10 bits per heavy atom. The molecule has 2 atom stereocenters. The maximum atomic E-state index is 13.4. The van der Waals surface area contributed by atoms with E-state index in [1.54, 1.807) is 19.2 Å². The van der Waals surface area contributed by atoms with E-state index in [1.807, 2.05) is 35.4 Å². The summed E-state index contributed by atoms with van der Waals surface area (Å²) in [5.41, 5.74) is 3.35. The number of ether oxygens (including phenoxy) is 1. The molecule has 4 rings (SSSR count). The summed E-state index contributed by atoms with van der Waals surface area (Å²) in [7, 11) is 1.69. The first-order valence-electron chi connectivity index (χ1n) is 10.9. The van der Waals surface area contributed by atoms with Gasteiger partial charge in [0.2, 0.25) is 5.91 Å². The molecular formula is C26H29FN2O2. The van der Waals surface area contributed by atoms with E-state index in [2.05, 4.69) is 22.8 Å². The molecule has 1 aromatic heterocycles. The van der Waals surface area contributed by atoms with Crippen molar-refractivity contribution in [2.45, 2.75) is 31.8 Å². The van der Waals surface area contributed by atoms with Gasteiger partial charge in [-0.25, -0.2) is 4.39 Å². The Hall–Kier alpha value is -2.92. The molecule has 0 saturated heterocycles. The molecule has 0 bridgehead atoms. The van der Waals surface area contributed by atoms with E-state index in [0.717, 1.165) is 24.1 Å². The highest BCUT2D eigenvalue weighted by molar-refractivity contribution is 5.83. The van der Waals surface area contributed by atoms with E-state index < -0.39 is 0 Å². The Balaban J connectivity index is 1.45. The fraction of sp³-hybridized carbons (Fsp3) is 0.346. The van der Waals surface area contributed by atoms with E-state index in [1.165, 1.54) is 17.7 Å².